The first-order valence-corrected chi connectivity index (χ1v) is 6.75. The SMILES string of the molecule is CCc1cccc(OC(=O)O)c1C1CCCCC1. The smallest absolute Gasteiger partial charge is 0.449 e. The zero-order chi connectivity index (χ0) is 13.0. The number of carbonyl (C=O) groups is 1. The summed E-state index contributed by atoms with van der Waals surface area (Å²) in [6.45, 7) is 2.10. The van der Waals surface area contributed by atoms with E-state index in [0.29, 0.717) is 11.7 Å². The summed E-state index contributed by atoms with van der Waals surface area (Å²) in [5.41, 5.74) is 2.35. The fourth-order valence-corrected chi connectivity index (χ4v) is 2.94. The molecule has 0 radical (unpaired) electrons. The summed E-state index contributed by atoms with van der Waals surface area (Å²) in [7, 11) is 0. The number of benzene rings is 1. The maximum absolute atomic E-state index is 10.8. The van der Waals surface area contributed by atoms with Gasteiger partial charge in [0, 0.05) is 5.56 Å². The normalized spacial score (nSPS) is 16.5. The third kappa shape index (κ3) is 2.84. The monoisotopic (exact) mass is 248 g/mol. The summed E-state index contributed by atoms with van der Waals surface area (Å²) in [6, 6.07) is 5.74. The Morgan fingerprint density at radius 3 is 2.67 bits per heavy atom. The van der Waals surface area contributed by atoms with E-state index in [9.17, 15) is 4.79 Å². The van der Waals surface area contributed by atoms with Gasteiger partial charge in [0.15, 0.2) is 0 Å². The third-order valence-corrected chi connectivity index (χ3v) is 3.75. The third-order valence-electron chi connectivity index (χ3n) is 3.75. The Kier molecular flexibility index (Phi) is 4.24. The van der Waals surface area contributed by atoms with E-state index in [-0.39, 0.29) is 0 Å². The second-order valence-corrected chi connectivity index (χ2v) is 4.89. The average Bonchev–Trinajstić information content (AvgIpc) is 2.38. The molecular formula is C15H20O3. The van der Waals surface area contributed by atoms with Crippen molar-refractivity contribution in [3.8, 4) is 5.75 Å². The molecule has 3 nitrogen and oxygen atoms in total. The van der Waals surface area contributed by atoms with Crippen LogP contribution in [-0.2, 0) is 6.42 Å². The van der Waals surface area contributed by atoms with Gasteiger partial charge in [-0.3, -0.25) is 0 Å². The largest absolute Gasteiger partial charge is 0.511 e. The molecule has 1 aromatic rings. The highest BCUT2D eigenvalue weighted by molar-refractivity contribution is 5.63. The Balaban J connectivity index is 2.36. The minimum Gasteiger partial charge on any atom is -0.449 e. The van der Waals surface area contributed by atoms with Crippen molar-refractivity contribution < 1.29 is 14.6 Å². The number of hydrogen-bond acceptors (Lipinski definition) is 2. The molecule has 2 rings (SSSR count). The molecule has 0 aliphatic heterocycles. The van der Waals surface area contributed by atoms with Crippen LogP contribution >= 0.6 is 0 Å². The van der Waals surface area contributed by atoms with Crippen molar-refractivity contribution >= 4 is 6.16 Å². The van der Waals surface area contributed by atoms with Crippen LogP contribution in [0.4, 0.5) is 4.79 Å². The first-order chi connectivity index (χ1) is 8.72. The van der Waals surface area contributed by atoms with E-state index in [2.05, 4.69) is 13.0 Å². The lowest BCUT2D eigenvalue weighted by atomic mass is 9.81. The molecule has 0 heterocycles. The van der Waals surface area contributed by atoms with Gasteiger partial charge in [-0.05, 0) is 36.8 Å². The molecule has 1 N–H and O–H groups in total. The van der Waals surface area contributed by atoms with Crippen molar-refractivity contribution in [3.05, 3.63) is 29.3 Å². The molecule has 0 bridgehead atoms. The maximum atomic E-state index is 10.8. The van der Waals surface area contributed by atoms with Gasteiger partial charge in [0.05, 0.1) is 0 Å². The van der Waals surface area contributed by atoms with Gasteiger partial charge in [0.2, 0.25) is 0 Å². The highest BCUT2D eigenvalue weighted by Gasteiger charge is 2.22. The van der Waals surface area contributed by atoms with E-state index in [1.165, 1.54) is 24.8 Å². The molecule has 1 aliphatic rings. The lowest BCUT2D eigenvalue weighted by Crippen LogP contribution is -2.12. The van der Waals surface area contributed by atoms with Crippen molar-refractivity contribution in [2.24, 2.45) is 0 Å². The summed E-state index contributed by atoms with van der Waals surface area (Å²) in [4.78, 5) is 10.8. The lowest BCUT2D eigenvalue weighted by molar-refractivity contribution is 0.143. The van der Waals surface area contributed by atoms with Crippen LogP contribution < -0.4 is 4.74 Å². The molecule has 1 fully saturated rings. The van der Waals surface area contributed by atoms with Gasteiger partial charge in [0.25, 0.3) is 0 Å². The van der Waals surface area contributed by atoms with Gasteiger partial charge >= 0.3 is 6.16 Å². The van der Waals surface area contributed by atoms with Crippen LogP contribution in [0.5, 0.6) is 5.75 Å². The molecular weight excluding hydrogens is 228 g/mol. The zero-order valence-corrected chi connectivity index (χ0v) is 10.8. The van der Waals surface area contributed by atoms with Crippen molar-refractivity contribution in [3.63, 3.8) is 0 Å². The van der Waals surface area contributed by atoms with Crippen LogP contribution in [-0.4, -0.2) is 11.3 Å². The van der Waals surface area contributed by atoms with E-state index in [1.807, 2.05) is 6.07 Å². The highest BCUT2D eigenvalue weighted by Crippen LogP contribution is 2.39. The van der Waals surface area contributed by atoms with Gasteiger partial charge in [-0.1, -0.05) is 38.3 Å². The van der Waals surface area contributed by atoms with E-state index >= 15 is 0 Å². The first-order valence-electron chi connectivity index (χ1n) is 6.75. The fourth-order valence-electron chi connectivity index (χ4n) is 2.94. The van der Waals surface area contributed by atoms with E-state index in [0.717, 1.165) is 24.8 Å². The molecule has 18 heavy (non-hydrogen) atoms. The number of aryl methyl sites for hydroxylation is 1. The zero-order valence-electron chi connectivity index (χ0n) is 10.8. The predicted molar refractivity (Wildman–Crippen MR) is 70.3 cm³/mol. The summed E-state index contributed by atoms with van der Waals surface area (Å²) in [5, 5.41) is 8.83. The van der Waals surface area contributed by atoms with E-state index < -0.39 is 6.16 Å². The van der Waals surface area contributed by atoms with Crippen LogP contribution in [0.2, 0.25) is 0 Å². The molecule has 0 atom stereocenters. The van der Waals surface area contributed by atoms with E-state index in [4.69, 9.17) is 9.84 Å². The summed E-state index contributed by atoms with van der Waals surface area (Å²) >= 11 is 0. The van der Waals surface area contributed by atoms with Crippen LogP contribution in [0.25, 0.3) is 0 Å². The second-order valence-electron chi connectivity index (χ2n) is 4.89. The maximum Gasteiger partial charge on any atom is 0.511 e. The number of rotatable bonds is 3. The molecule has 1 aromatic carbocycles. The molecule has 0 aromatic heterocycles. The Labute approximate surface area is 108 Å². The topological polar surface area (TPSA) is 46.5 Å². The van der Waals surface area contributed by atoms with Crippen LogP contribution in [0.15, 0.2) is 18.2 Å². The minimum atomic E-state index is -1.22. The Morgan fingerprint density at radius 2 is 2.06 bits per heavy atom. The molecule has 1 aliphatic carbocycles. The molecule has 1 saturated carbocycles. The summed E-state index contributed by atoms with van der Waals surface area (Å²) < 4.78 is 4.96. The molecule has 98 valence electrons. The van der Waals surface area contributed by atoms with Gasteiger partial charge in [0.1, 0.15) is 5.75 Å². The summed E-state index contributed by atoms with van der Waals surface area (Å²) in [5.74, 6) is 0.998. The van der Waals surface area contributed by atoms with Crippen molar-refractivity contribution in [1.29, 1.82) is 0 Å². The van der Waals surface area contributed by atoms with Crippen LogP contribution in [0, 0.1) is 0 Å². The van der Waals surface area contributed by atoms with Crippen LogP contribution in [0.3, 0.4) is 0 Å². The van der Waals surface area contributed by atoms with Crippen molar-refractivity contribution in [2.75, 3.05) is 0 Å². The Bertz CT molecular complexity index is 420. The molecule has 3 heteroatoms. The van der Waals surface area contributed by atoms with Crippen LogP contribution in [0.1, 0.15) is 56.1 Å². The lowest BCUT2D eigenvalue weighted by Gasteiger charge is -2.25. The Morgan fingerprint density at radius 1 is 1.33 bits per heavy atom. The van der Waals surface area contributed by atoms with Gasteiger partial charge in [-0.25, -0.2) is 4.79 Å². The van der Waals surface area contributed by atoms with Gasteiger partial charge in [-0.2, -0.15) is 0 Å². The number of carboxylic acid groups (broad SMARTS) is 1. The predicted octanol–water partition coefficient (Wildman–Crippen LogP) is 4.35. The second kappa shape index (κ2) is 5.89. The number of hydrogen-bond donors (Lipinski definition) is 1. The molecule has 0 spiro atoms. The quantitative estimate of drug-likeness (QED) is 0.638. The van der Waals surface area contributed by atoms with Gasteiger partial charge in [-0.15, -0.1) is 0 Å². The van der Waals surface area contributed by atoms with Crippen molar-refractivity contribution in [2.45, 2.75) is 51.4 Å². The fraction of sp³-hybridized carbons (Fsp3) is 0.533. The summed E-state index contributed by atoms with van der Waals surface area (Å²) in [6.07, 6.45) is 5.74. The first kappa shape index (κ1) is 12.9. The van der Waals surface area contributed by atoms with Gasteiger partial charge < -0.3 is 9.84 Å². The van der Waals surface area contributed by atoms with Crippen molar-refractivity contribution in [1.82, 2.24) is 0 Å². The molecule has 0 unspecified atom stereocenters. The number of ether oxygens (including phenoxy) is 1. The standard InChI is InChI=1S/C15H20O3/c1-2-11-9-6-10-13(18-15(16)17)14(11)12-7-4-3-5-8-12/h6,9-10,12H,2-5,7-8H2,1H3,(H,16,17). The highest BCUT2D eigenvalue weighted by atomic mass is 16.7. The average molecular weight is 248 g/mol. The minimum absolute atomic E-state index is 0.462. The molecule has 0 saturated heterocycles. The van der Waals surface area contributed by atoms with E-state index in [1.54, 1.807) is 6.07 Å². The molecule has 0 amide bonds. The Hall–Kier alpha value is -1.51.